The van der Waals surface area contributed by atoms with Gasteiger partial charge in [-0.3, -0.25) is 0 Å². The van der Waals surface area contributed by atoms with Crippen LogP contribution in [0.15, 0.2) is 12.2 Å². The second-order valence-corrected chi connectivity index (χ2v) is 18.0. The van der Waals surface area contributed by atoms with Crippen LogP contribution in [-0.2, 0) is 4.43 Å². The molecule has 3 heteroatoms. The maximum absolute atomic E-state index is 6.62. The van der Waals surface area contributed by atoms with E-state index in [0.717, 1.165) is 12.8 Å². The first-order valence-corrected chi connectivity index (χ1v) is 14.2. The fourth-order valence-corrected chi connectivity index (χ4v) is 3.91. The van der Waals surface area contributed by atoms with Crippen LogP contribution in [0.3, 0.4) is 0 Å². The lowest BCUT2D eigenvalue weighted by Gasteiger charge is -2.41. The van der Waals surface area contributed by atoms with Crippen LogP contribution in [0.1, 0.15) is 33.6 Å². The van der Waals surface area contributed by atoms with E-state index >= 15 is 0 Å². The Bertz CT molecular complexity index is 413. The molecule has 2 atom stereocenters. The lowest BCUT2D eigenvalue weighted by atomic mass is 9.94. The standard InChI is InChI=1S/C17H32OSi2/c1-17(2,3)20(7,8)18-16-12-10-9-11-15(16)13-14-19(4,5)6/h9,11,15-16H,10,12H2,1-8H3/t15-,16+/m0/s1. The highest BCUT2D eigenvalue weighted by atomic mass is 28.4. The largest absolute Gasteiger partial charge is 0.412 e. The Hall–Kier alpha value is -0.306. The van der Waals surface area contributed by atoms with Gasteiger partial charge < -0.3 is 4.43 Å². The van der Waals surface area contributed by atoms with Gasteiger partial charge in [-0.05, 0) is 31.0 Å². The van der Waals surface area contributed by atoms with Crippen molar-refractivity contribution in [2.45, 2.75) is 77.5 Å². The van der Waals surface area contributed by atoms with Crippen molar-refractivity contribution < 1.29 is 4.43 Å². The van der Waals surface area contributed by atoms with E-state index in [0.29, 0.717) is 12.0 Å². The molecule has 0 heterocycles. The van der Waals surface area contributed by atoms with Gasteiger partial charge in [-0.25, -0.2) is 0 Å². The van der Waals surface area contributed by atoms with E-state index in [1.807, 2.05) is 0 Å². The Morgan fingerprint density at radius 2 is 1.70 bits per heavy atom. The zero-order chi connectivity index (χ0) is 15.6. The Morgan fingerprint density at radius 3 is 2.20 bits per heavy atom. The summed E-state index contributed by atoms with van der Waals surface area (Å²) in [6, 6.07) is 0. The average Bonchev–Trinajstić information content (AvgIpc) is 2.24. The maximum atomic E-state index is 6.62. The molecule has 0 aromatic carbocycles. The summed E-state index contributed by atoms with van der Waals surface area (Å²) in [5, 5.41) is 0.269. The van der Waals surface area contributed by atoms with Crippen molar-refractivity contribution in [2.75, 3.05) is 0 Å². The lowest BCUT2D eigenvalue weighted by molar-refractivity contribution is 0.146. The monoisotopic (exact) mass is 308 g/mol. The summed E-state index contributed by atoms with van der Waals surface area (Å²) in [5.74, 6) is 3.80. The molecule has 0 saturated carbocycles. The third-order valence-electron chi connectivity index (χ3n) is 4.23. The van der Waals surface area contributed by atoms with Gasteiger partial charge in [-0.1, -0.05) is 52.6 Å². The molecule has 20 heavy (non-hydrogen) atoms. The van der Waals surface area contributed by atoms with Gasteiger partial charge in [0.25, 0.3) is 0 Å². The summed E-state index contributed by atoms with van der Waals surface area (Å²) < 4.78 is 6.62. The van der Waals surface area contributed by atoms with E-state index in [1.165, 1.54) is 0 Å². The van der Waals surface area contributed by atoms with Crippen LogP contribution in [0.25, 0.3) is 0 Å². The highest BCUT2D eigenvalue weighted by Gasteiger charge is 2.40. The van der Waals surface area contributed by atoms with Gasteiger partial charge in [0.15, 0.2) is 8.32 Å². The third-order valence-corrected chi connectivity index (χ3v) is 9.63. The normalized spacial score (nSPS) is 24.2. The molecule has 0 N–H and O–H groups in total. The van der Waals surface area contributed by atoms with Crippen LogP contribution in [0.5, 0.6) is 0 Å². The first-order chi connectivity index (χ1) is 8.92. The zero-order valence-electron chi connectivity index (χ0n) is 14.6. The van der Waals surface area contributed by atoms with E-state index in [1.54, 1.807) is 0 Å². The van der Waals surface area contributed by atoms with Crippen LogP contribution in [-0.4, -0.2) is 22.5 Å². The molecule has 0 fully saturated rings. The minimum absolute atomic E-state index is 0.269. The van der Waals surface area contributed by atoms with E-state index < -0.39 is 16.4 Å². The van der Waals surface area contributed by atoms with Crippen LogP contribution >= 0.6 is 0 Å². The molecular formula is C17H32OSi2. The molecule has 0 aliphatic heterocycles. The van der Waals surface area contributed by atoms with Crippen molar-refractivity contribution in [3.05, 3.63) is 12.2 Å². The molecule has 1 nitrogen and oxygen atoms in total. The second-order valence-electron chi connectivity index (χ2n) is 8.47. The Balaban J connectivity index is 2.87. The van der Waals surface area contributed by atoms with Gasteiger partial charge in [0.2, 0.25) is 0 Å². The molecule has 0 amide bonds. The van der Waals surface area contributed by atoms with Gasteiger partial charge in [0.1, 0.15) is 8.07 Å². The fraction of sp³-hybridized carbons (Fsp3) is 0.765. The zero-order valence-corrected chi connectivity index (χ0v) is 16.6. The van der Waals surface area contributed by atoms with Gasteiger partial charge in [0.05, 0.1) is 12.0 Å². The molecule has 0 spiro atoms. The fourth-order valence-electron chi connectivity index (χ4n) is 1.94. The van der Waals surface area contributed by atoms with Crippen LogP contribution in [0.4, 0.5) is 0 Å². The first kappa shape index (κ1) is 17.7. The molecule has 0 bridgehead atoms. The highest BCUT2D eigenvalue weighted by Crippen LogP contribution is 2.39. The van der Waals surface area contributed by atoms with E-state index in [9.17, 15) is 0 Å². The summed E-state index contributed by atoms with van der Waals surface area (Å²) in [6.07, 6.45) is 7.09. The van der Waals surface area contributed by atoms with Crippen LogP contribution < -0.4 is 0 Å². The molecule has 1 rings (SSSR count). The lowest BCUT2D eigenvalue weighted by Crippen LogP contribution is -2.45. The topological polar surface area (TPSA) is 9.23 Å². The molecule has 1 aliphatic rings. The Labute approximate surface area is 128 Å². The molecule has 1 aliphatic carbocycles. The Morgan fingerprint density at radius 1 is 1.10 bits per heavy atom. The van der Waals surface area contributed by atoms with Crippen molar-refractivity contribution in [3.63, 3.8) is 0 Å². The molecule has 114 valence electrons. The van der Waals surface area contributed by atoms with Crippen molar-refractivity contribution >= 4 is 16.4 Å². The molecule has 0 unspecified atom stereocenters. The second kappa shape index (κ2) is 6.21. The number of hydrogen-bond acceptors (Lipinski definition) is 1. The maximum Gasteiger partial charge on any atom is 0.192 e. The Kier molecular flexibility index (Phi) is 5.51. The van der Waals surface area contributed by atoms with Crippen molar-refractivity contribution in [2.24, 2.45) is 5.92 Å². The van der Waals surface area contributed by atoms with Crippen molar-refractivity contribution in [3.8, 4) is 11.5 Å². The summed E-state index contributed by atoms with van der Waals surface area (Å²) in [7, 11) is -3.00. The van der Waals surface area contributed by atoms with E-state index in [4.69, 9.17) is 4.43 Å². The van der Waals surface area contributed by atoms with E-state index in [2.05, 4.69) is 77.1 Å². The number of allylic oxidation sites excluding steroid dienone is 1. The average molecular weight is 309 g/mol. The molecule has 0 radical (unpaired) electrons. The third kappa shape index (κ3) is 5.23. The first-order valence-electron chi connectivity index (χ1n) is 7.79. The van der Waals surface area contributed by atoms with Crippen molar-refractivity contribution in [1.29, 1.82) is 0 Å². The molecule has 0 aromatic rings. The minimum atomic E-state index is -1.70. The molecule has 0 saturated heterocycles. The van der Waals surface area contributed by atoms with Crippen molar-refractivity contribution in [1.82, 2.24) is 0 Å². The highest BCUT2D eigenvalue weighted by molar-refractivity contribution is 6.83. The van der Waals surface area contributed by atoms with Gasteiger partial charge in [-0.15, -0.1) is 11.5 Å². The summed E-state index contributed by atoms with van der Waals surface area (Å²) in [4.78, 5) is 0. The van der Waals surface area contributed by atoms with Gasteiger partial charge >= 0.3 is 0 Å². The van der Waals surface area contributed by atoms with Crippen LogP contribution in [0.2, 0.25) is 37.8 Å². The van der Waals surface area contributed by atoms with E-state index in [-0.39, 0.29) is 5.04 Å². The van der Waals surface area contributed by atoms with Gasteiger partial charge in [-0.2, -0.15) is 0 Å². The quantitative estimate of drug-likeness (QED) is 0.386. The summed E-state index contributed by atoms with van der Waals surface area (Å²) >= 11 is 0. The summed E-state index contributed by atoms with van der Waals surface area (Å²) in [6.45, 7) is 18.5. The number of rotatable bonds is 2. The smallest absolute Gasteiger partial charge is 0.192 e. The molecule has 0 aromatic heterocycles. The molecular weight excluding hydrogens is 276 g/mol. The number of hydrogen-bond donors (Lipinski definition) is 0. The van der Waals surface area contributed by atoms with Crippen LogP contribution in [0, 0.1) is 17.4 Å². The minimum Gasteiger partial charge on any atom is -0.412 e. The van der Waals surface area contributed by atoms with Gasteiger partial charge in [0, 0.05) is 0 Å². The summed E-state index contributed by atoms with van der Waals surface area (Å²) in [5.41, 5.74) is 3.52. The predicted molar refractivity (Wildman–Crippen MR) is 95.1 cm³/mol. The predicted octanol–water partition coefficient (Wildman–Crippen LogP) is 5.22. The SMILES string of the molecule is CC(C)(C)[Si](C)(C)O[C@@H]1CCC=C[C@H]1C#C[Si](C)(C)C.